The lowest BCUT2D eigenvalue weighted by Gasteiger charge is -2.07. The zero-order valence-corrected chi connectivity index (χ0v) is 11.3. The summed E-state index contributed by atoms with van der Waals surface area (Å²) in [4.78, 5) is 0. The van der Waals surface area contributed by atoms with Crippen molar-refractivity contribution in [1.29, 1.82) is 0 Å². The Morgan fingerprint density at radius 1 is 1.10 bits per heavy atom. The molecule has 0 fully saturated rings. The minimum atomic E-state index is 0.578. The van der Waals surface area contributed by atoms with Crippen LogP contribution in [-0.4, -0.2) is 20.2 Å². The maximum atomic E-state index is 6.01. The molecule has 0 aliphatic carbocycles. The Bertz CT molecular complexity index is 723. The maximum Gasteiger partial charge on any atom is 0.184 e. The summed E-state index contributed by atoms with van der Waals surface area (Å²) in [7, 11) is 0. The first kappa shape index (κ1) is 12.6. The van der Waals surface area contributed by atoms with E-state index in [0.29, 0.717) is 23.1 Å². The lowest BCUT2D eigenvalue weighted by Crippen LogP contribution is -2.05. The van der Waals surface area contributed by atoms with Gasteiger partial charge in [-0.25, -0.2) is 4.68 Å². The highest BCUT2D eigenvalue weighted by molar-refractivity contribution is 6.31. The number of benzene rings is 2. The summed E-state index contributed by atoms with van der Waals surface area (Å²) in [6.07, 6.45) is 0. The molecule has 3 aromatic rings. The number of nitrogen functional groups attached to an aromatic ring is 1. The van der Waals surface area contributed by atoms with E-state index in [1.54, 1.807) is 22.9 Å². The molecule has 0 radical (unpaired) electrons. The third-order valence-corrected chi connectivity index (χ3v) is 3.20. The summed E-state index contributed by atoms with van der Waals surface area (Å²) in [6.45, 7) is 0.578. The summed E-state index contributed by atoms with van der Waals surface area (Å²) >= 11 is 6.01. The number of nitrogens with zero attached hydrogens (tertiary/aromatic N) is 4. The van der Waals surface area contributed by atoms with Gasteiger partial charge in [0.15, 0.2) is 5.82 Å². The largest absolute Gasteiger partial charge is 0.398 e. The van der Waals surface area contributed by atoms with Gasteiger partial charge in [-0.05, 0) is 34.2 Å². The van der Waals surface area contributed by atoms with Crippen LogP contribution in [0.4, 0.5) is 5.69 Å². The number of halogens is 1. The summed E-state index contributed by atoms with van der Waals surface area (Å²) in [5.74, 6) is 0.605. The van der Waals surface area contributed by atoms with Gasteiger partial charge in [-0.2, -0.15) is 0 Å². The van der Waals surface area contributed by atoms with Crippen molar-refractivity contribution < 1.29 is 0 Å². The Morgan fingerprint density at radius 3 is 2.70 bits per heavy atom. The quantitative estimate of drug-likeness (QED) is 0.751. The van der Waals surface area contributed by atoms with Crippen molar-refractivity contribution >= 4 is 17.3 Å². The van der Waals surface area contributed by atoms with Crippen molar-refractivity contribution in [3.05, 3.63) is 59.1 Å². The minimum Gasteiger partial charge on any atom is -0.398 e. The van der Waals surface area contributed by atoms with Crippen LogP contribution in [-0.2, 0) is 6.54 Å². The van der Waals surface area contributed by atoms with Gasteiger partial charge in [-0.1, -0.05) is 41.9 Å². The first-order valence-electron chi connectivity index (χ1n) is 6.09. The van der Waals surface area contributed by atoms with Crippen molar-refractivity contribution in [2.75, 3.05) is 5.73 Å². The van der Waals surface area contributed by atoms with Crippen LogP contribution in [0.15, 0.2) is 48.5 Å². The fraction of sp³-hybridized carbons (Fsp3) is 0.0714. The van der Waals surface area contributed by atoms with Crippen LogP contribution in [0.3, 0.4) is 0 Å². The van der Waals surface area contributed by atoms with Crippen molar-refractivity contribution in [3.8, 4) is 11.4 Å². The fourth-order valence-electron chi connectivity index (χ4n) is 1.98. The number of hydrogen-bond acceptors (Lipinski definition) is 4. The van der Waals surface area contributed by atoms with Gasteiger partial charge in [0.2, 0.25) is 0 Å². The Morgan fingerprint density at radius 2 is 1.90 bits per heavy atom. The summed E-state index contributed by atoms with van der Waals surface area (Å²) in [5.41, 5.74) is 8.42. The number of aromatic nitrogens is 4. The second-order valence-corrected chi connectivity index (χ2v) is 4.81. The molecule has 5 nitrogen and oxygen atoms in total. The average Bonchev–Trinajstić information content (AvgIpc) is 2.91. The molecule has 6 heteroatoms. The van der Waals surface area contributed by atoms with Crippen LogP contribution in [0.2, 0.25) is 5.02 Å². The van der Waals surface area contributed by atoms with E-state index in [2.05, 4.69) is 15.5 Å². The van der Waals surface area contributed by atoms with E-state index in [-0.39, 0.29) is 0 Å². The molecule has 0 atom stereocenters. The van der Waals surface area contributed by atoms with Crippen LogP contribution < -0.4 is 5.73 Å². The zero-order valence-electron chi connectivity index (χ0n) is 10.6. The first-order chi connectivity index (χ1) is 9.74. The smallest absolute Gasteiger partial charge is 0.184 e. The molecule has 2 aromatic carbocycles. The fourth-order valence-corrected chi connectivity index (χ4v) is 2.15. The van der Waals surface area contributed by atoms with Gasteiger partial charge in [0, 0.05) is 16.3 Å². The summed E-state index contributed by atoms with van der Waals surface area (Å²) in [5, 5.41) is 12.4. The number of nitrogens with two attached hydrogens (primary N) is 1. The number of anilines is 1. The predicted octanol–water partition coefficient (Wildman–Crippen LogP) is 2.62. The van der Waals surface area contributed by atoms with E-state index in [4.69, 9.17) is 17.3 Å². The summed E-state index contributed by atoms with van der Waals surface area (Å²) in [6, 6.07) is 15.2. The third-order valence-electron chi connectivity index (χ3n) is 2.96. The standard InChI is InChI=1S/C14H12ClN5/c15-11-6-7-13(16)12(8-11)14-17-18-19-20(14)9-10-4-2-1-3-5-10/h1-8H,9,16H2. The highest BCUT2D eigenvalue weighted by atomic mass is 35.5. The van der Waals surface area contributed by atoms with Gasteiger partial charge in [-0.15, -0.1) is 5.10 Å². The SMILES string of the molecule is Nc1ccc(Cl)cc1-c1nnnn1Cc1ccccc1. The third kappa shape index (κ3) is 2.48. The van der Waals surface area contributed by atoms with E-state index < -0.39 is 0 Å². The highest BCUT2D eigenvalue weighted by Crippen LogP contribution is 2.27. The molecule has 1 aromatic heterocycles. The van der Waals surface area contributed by atoms with E-state index in [9.17, 15) is 0 Å². The van der Waals surface area contributed by atoms with E-state index in [0.717, 1.165) is 11.1 Å². The van der Waals surface area contributed by atoms with Crippen LogP contribution >= 0.6 is 11.6 Å². The number of tetrazole rings is 1. The number of rotatable bonds is 3. The van der Waals surface area contributed by atoms with Crippen molar-refractivity contribution in [2.45, 2.75) is 6.54 Å². The molecule has 0 saturated heterocycles. The first-order valence-corrected chi connectivity index (χ1v) is 6.47. The Kier molecular flexibility index (Phi) is 3.35. The lowest BCUT2D eigenvalue weighted by atomic mass is 10.1. The van der Waals surface area contributed by atoms with Crippen LogP contribution in [0.25, 0.3) is 11.4 Å². The van der Waals surface area contributed by atoms with Crippen LogP contribution in [0, 0.1) is 0 Å². The molecule has 2 N–H and O–H groups in total. The van der Waals surface area contributed by atoms with Gasteiger partial charge < -0.3 is 5.73 Å². The van der Waals surface area contributed by atoms with Gasteiger partial charge in [0.05, 0.1) is 6.54 Å². The van der Waals surface area contributed by atoms with E-state index in [1.165, 1.54) is 0 Å². The Hall–Kier alpha value is -2.40. The van der Waals surface area contributed by atoms with E-state index >= 15 is 0 Å². The van der Waals surface area contributed by atoms with Gasteiger partial charge >= 0.3 is 0 Å². The molecule has 20 heavy (non-hydrogen) atoms. The van der Waals surface area contributed by atoms with Crippen molar-refractivity contribution in [1.82, 2.24) is 20.2 Å². The molecule has 0 amide bonds. The molecule has 0 aliphatic heterocycles. The lowest BCUT2D eigenvalue weighted by molar-refractivity contribution is 0.653. The van der Waals surface area contributed by atoms with Crippen LogP contribution in [0.1, 0.15) is 5.56 Å². The second-order valence-electron chi connectivity index (χ2n) is 4.38. The molecule has 100 valence electrons. The molecular weight excluding hydrogens is 274 g/mol. The molecule has 0 spiro atoms. The predicted molar refractivity (Wildman–Crippen MR) is 78.2 cm³/mol. The molecule has 1 heterocycles. The molecule has 0 aliphatic rings. The topological polar surface area (TPSA) is 69.6 Å². The average molecular weight is 286 g/mol. The van der Waals surface area contributed by atoms with E-state index in [1.807, 2.05) is 30.3 Å². The number of hydrogen-bond donors (Lipinski definition) is 1. The molecule has 0 saturated carbocycles. The zero-order chi connectivity index (χ0) is 13.9. The van der Waals surface area contributed by atoms with Crippen molar-refractivity contribution in [3.63, 3.8) is 0 Å². The van der Waals surface area contributed by atoms with Gasteiger partial charge in [-0.3, -0.25) is 0 Å². The molecule has 3 rings (SSSR count). The van der Waals surface area contributed by atoms with Crippen molar-refractivity contribution in [2.24, 2.45) is 0 Å². The molecule has 0 unspecified atom stereocenters. The Labute approximate surface area is 121 Å². The normalized spacial score (nSPS) is 10.7. The molecule has 0 bridgehead atoms. The summed E-state index contributed by atoms with van der Waals surface area (Å²) < 4.78 is 1.71. The maximum absolute atomic E-state index is 6.01. The van der Waals surface area contributed by atoms with Gasteiger partial charge in [0.25, 0.3) is 0 Å². The second kappa shape index (κ2) is 5.30. The minimum absolute atomic E-state index is 0.578. The van der Waals surface area contributed by atoms with Crippen LogP contribution in [0.5, 0.6) is 0 Å². The Balaban J connectivity index is 2.00. The van der Waals surface area contributed by atoms with Gasteiger partial charge in [0.1, 0.15) is 0 Å². The highest BCUT2D eigenvalue weighted by Gasteiger charge is 2.12. The molecular formula is C14H12ClN5. The monoisotopic (exact) mass is 285 g/mol.